The Hall–Kier alpha value is -1.89. The molecule has 7 heteroatoms. The van der Waals surface area contributed by atoms with E-state index in [1.165, 1.54) is 0 Å². The molecule has 1 aliphatic carbocycles. The van der Waals surface area contributed by atoms with Crippen molar-refractivity contribution < 1.29 is 19.1 Å². The molecular weight excluding hydrogens is 304 g/mol. The van der Waals surface area contributed by atoms with Crippen LogP contribution in [0.1, 0.15) is 37.7 Å². The lowest BCUT2D eigenvalue weighted by molar-refractivity contribution is -0.148. The molecule has 3 amide bonds. The van der Waals surface area contributed by atoms with Crippen molar-refractivity contribution in [1.29, 1.82) is 0 Å². The van der Waals surface area contributed by atoms with Crippen LogP contribution in [0.4, 0.5) is 4.79 Å². The third kappa shape index (κ3) is 5.85. The second kappa shape index (κ2) is 8.53. The van der Waals surface area contributed by atoms with E-state index in [2.05, 4.69) is 10.6 Å². The topological polar surface area (TPSA) is 84.5 Å². The van der Waals surface area contributed by atoms with Gasteiger partial charge in [0.2, 0.25) is 0 Å². The van der Waals surface area contributed by atoms with Crippen molar-refractivity contribution in [3.05, 3.63) is 22.4 Å². The number of urea groups is 1. The second-order valence-corrected chi connectivity index (χ2v) is 6.08. The second-order valence-electron chi connectivity index (χ2n) is 5.30. The van der Waals surface area contributed by atoms with Gasteiger partial charge in [-0.3, -0.25) is 14.9 Å². The van der Waals surface area contributed by atoms with Gasteiger partial charge in [-0.2, -0.15) is 11.3 Å². The smallest absolute Gasteiger partial charge is 0.321 e. The third-order valence-corrected chi connectivity index (χ3v) is 4.24. The molecule has 1 aromatic rings. The molecule has 0 spiro atoms. The first-order valence-electron chi connectivity index (χ1n) is 7.40. The zero-order valence-corrected chi connectivity index (χ0v) is 13.1. The van der Waals surface area contributed by atoms with Gasteiger partial charge in [-0.15, -0.1) is 0 Å². The molecule has 1 saturated carbocycles. The molecule has 0 bridgehead atoms. The van der Waals surface area contributed by atoms with E-state index in [0.29, 0.717) is 6.42 Å². The first-order chi connectivity index (χ1) is 10.6. The predicted octanol–water partition coefficient (Wildman–Crippen LogP) is 1.99. The van der Waals surface area contributed by atoms with Crippen LogP contribution >= 0.6 is 11.3 Å². The van der Waals surface area contributed by atoms with Crippen LogP contribution in [0.3, 0.4) is 0 Å². The Kier molecular flexibility index (Phi) is 6.39. The van der Waals surface area contributed by atoms with Crippen molar-refractivity contribution in [2.75, 3.05) is 6.61 Å². The number of aryl methyl sites for hydroxylation is 1. The SMILES string of the molecule is O=C(COC(=O)CCc1ccsc1)NC(=O)NC1CCCC1. The van der Waals surface area contributed by atoms with Crippen molar-refractivity contribution in [3.63, 3.8) is 0 Å². The van der Waals surface area contributed by atoms with Crippen molar-refractivity contribution >= 4 is 29.2 Å². The Labute approximate surface area is 133 Å². The molecule has 1 aromatic heterocycles. The molecule has 6 nitrogen and oxygen atoms in total. The molecule has 120 valence electrons. The molecule has 0 atom stereocenters. The Morgan fingerprint density at radius 2 is 2.05 bits per heavy atom. The predicted molar refractivity (Wildman–Crippen MR) is 82.5 cm³/mol. The van der Waals surface area contributed by atoms with Crippen LogP contribution in [0.15, 0.2) is 16.8 Å². The zero-order valence-electron chi connectivity index (χ0n) is 12.3. The molecule has 1 fully saturated rings. The molecule has 0 radical (unpaired) electrons. The van der Waals surface area contributed by atoms with Crippen molar-refractivity contribution in [2.24, 2.45) is 0 Å². The van der Waals surface area contributed by atoms with Crippen LogP contribution in [0.2, 0.25) is 0 Å². The van der Waals surface area contributed by atoms with Gasteiger partial charge in [-0.1, -0.05) is 12.8 Å². The van der Waals surface area contributed by atoms with Gasteiger partial charge in [0.15, 0.2) is 6.61 Å². The number of hydrogen-bond acceptors (Lipinski definition) is 5. The van der Waals surface area contributed by atoms with E-state index >= 15 is 0 Å². The Bertz CT molecular complexity index is 510. The minimum absolute atomic E-state index is 0.140. The number of carbonyl (C=O) groups excluding carboxylic acids is 3. The first-order valence-corrected chi connectivity index (χ1v) is 8.35. The largest absolute Gasteiger partial charge is 0.456 e. The number of nitrogens with one attached hydrogen (secondary N) is 2. The van der Waals surface area contributed by atoms with Crippen LogP contribution < -0.4 is 10.6 Å². The maximum absolute atomic E-state index is 11.6. The number of carbonyl (C=O) groups is 3. The van der Waals surface area contributed by atoms with Crippen molar-refractivity contribution in [1.82, 2.24) is 10.6 Å². The van der Waals surface area contributed by atoms with Gasteiger partial charge in [0.05, 0.1) is 0 Å². The summed E-state index contributed by atoms with van der Waals surface area (Å²) in [5.74, 6) is -1.06. The average Bonchev–Trinajstić information content (AvgIpc) is 3.15. The van der Waals surface area contributed by atoms with Gasteiger partial charge < -0.3 is 10.1 Å². The normalized spacial score (nSPS) is 14.5. The lowest BCUT2D eigenvalue weighted by Crippen LogP contribution is -2.45. The number of hydrogen-bond donors (Lipinski definition) is 2. The van der Waals surface area contributed by atoms with Crippen LogP contribution in [0, 0.1) is 0 Å². The number of imide groups is 1. The standard InChI is InChI=1S/C15H20N2O4S/c18-13(17-15(20)16-12-3-1-2-4-12)9-21-14(19)6-5-11-7-8-22-10-11/h7-8,10,12H,1-6,9H2,(H2,16,17,18,20). The van der Waals surface area contributed by atoms with Gasteiger partial charge >= 0.3 is 12.0 Å². The number of thiophene rings is 1. The Balaban J connectivity index is 1.58. The van der Waals surface area contributed by atoms with Gasteiger partial charge in [-0.05, 0) is 41.7 Å². The summed E-state index contributed by atoms with van der Waals surface area (Å²) < 4.78 is 4.85. The highest BCUT2D eigenvalue weighted by Gasteiger charge is 2.18. The van der Waals surface area contributed by atoms with Gasteiger partial charge in [0, 0.05) is 12.5 Å². The Morgan fingerprint density at radius 1 is 1.27 bits per heavy atom. The number of ether oxygens (including phenoxy) is 1. The van der Waals surface area contributed by atoms with E-state index in [0.717, 1.165) is 31.2 Å². The maximum Gasteiger partial charge on any atom is 0.321 e. The molecule has 1 heterocycles. The lowest BCUT2D eigenvalue weighted by atomic mass is 10.2. The summed E-state index contributed by atoms with van der Waals surface area (Å²) in [6.07, 6.45) is 4.89. The minimum Gasteiger partial charge on any atom is -0.456 e. The maximum atomic E-state index is 11.6. The summed E-state index contributed by atoms with van der Waals surface area (Å²) in [4.78, 5) is 34.6. The summed E-state index contributed by atoms with van der Waals surface area (Å²) in [6.45, 7) is -0.430. The lowest BCUT2D eigenvalue weighted by Gasteiger charge is -2.12. The van der Waals surface area contributed by atoms with E-state index in [4.69, 9.17) is 4.74 Å². The molecule has 0 unspecified atom stereocenters. The summed E-state index contributed by atoms with van der Waals surface area (Å²) in [6, 6.07) is 1.56. The van der Waals surface area contributed by atoms with Gasteiger partial charge in [-0.25, -0.2) is 4.79 Å². The fourth-order valence-corrected chi connectivity index (χ4v) is 3.06. The molecule has 2 rings (SSSR count). The van der Waals surface area contributed by atoms with Crippen molar-refractivity contribution in [2.45, 2.75) is 44.6 Å². The van der Waals surface area contributed by atoms with E-state index in [9.17, 15) is 14.4 Å². The van der Waals surface area contributed by atoms with Gasteiger partial charge in [0.1, 0.15) is 0 Å². The highest BCUT2D eigenvalue weighted by molar-refractivity contribution is 7.07. The molecule has 2 N–H and O–H groups in total. The quantitative estimate of drug-likeness (QED) is 0.784. The van der Waals surface area contributed by atoms with Crippen LogP contribution in [0.5, 0.6) is 0 Å². The fraction of sp³-hybridized carbons (Fsp3) is 0.533. The first kappa shape index (κ1) is 16.5. The molecule has 0 saturated heterocycles. The summed E-state index contributed by atoms with van der Waals surface area (Å²) in [5, 5.41) is 8.81. The number of rotatable bonds is 6. The van der Waals surface area contributed by atoms with Crippen LogP contribution in [-0.2, 0) is 20.7 Å². The van der Waals surface area contributed by atoms with Gasteiger partial charge in [0.25, 0.3) is 5.91 Å². The summed E-state index contributed by atoms with van der Waals surface area (Å²) in [7, 11) is 0. The number of amides is 3. The summed E-state index contributed by atoms with van der Waals surface area (Å²) in [5.41, 5.74) is 1.07. The highest BCUT2D eigenvalue weighted by Crippen LogP contribution is 2.17. The van der Waals surface area contributed by atoms with Crippen LogP contribution in [-0.4, -0.2) is 30.6 Å². The summed E-state index contributed by atoms with van der Waals surface area (Å²) >= 11 is 1.57. The minimum atomic E-state index is -0.612. The zero-order chi connectivity index (χ0) is 15.8. The third-order valence-electron chi connectivity index (χ3n) is 3.51. The van der Waals surface area contributed by atoms with E-state index in [-0.39, 0.29) is 12.5 Å². The molecular formula is C15H20N2O4S. The Morgan fingerprint density at radius 3 is 2.73 bits per heavy atom. The fourth-order valence-electron chi connectivity index (χ4n) is 2.35. The van der Waals surface area contributed by atoms with E-state index < -0.39 is 24.5 Å². The molecule has 22 heavy (non-hydrogen) atoms. The monoisotopic (exact) mass is 324 g/mol. The number of esters is 1. The van der Waals surface area contributed by atoms with E-state index in [1.807, 2.05) is 16.8 Å². The highest BCUT2D eigenvalue weighted by atomic mass is 32.1. The van der Waals surface area contributed by atoms with E-state index in [1.54, 1.807) is 11.3 Å². The van der Waals surface area contributed by atoms with Crippen molar-refractivity contribution in [3.8, 4) is 0 Å². The van der Waals surface area contributed by atoms with Crippen LogP contribution in [0.25, 0.3) is 0 Å². The molecule has 0 aromatic carbocycles. The average molecular weight is 324 g/mol. The molecule has 0 aliphatic heterocycles. The molecule has 1 aliphatic rings.